The van der Waals surface area contributed by atoms with E-state index in [2.05, 4.69) is 48.3 Å². The van der Waals surface area contributed by atoms with E-state index in [0.29, 0.717) is 6.61 Å². The molecule has 0 atom stereocenters. The average Bonchev–Trinajstić information content (AvgIpc) is 2.61. The van der Waals surface area contributed by atoms with Crippen LogP contribution in [0, 0.1) is 6.92 Å². The molecule has 0 amide bonds. The zero-order valence-electron chi connectivity index (χ0n) is 13.5. The van der Waals surface area contributed by atoms with Crippen molar-refractivity contribution in [3.05, 3.63) is 57.2 Å². The maximum absolute atomic E-state index is 5.43. The van der Waals surface area contributed by atoms with Crippen molar-refractivity contribution >= 4 is 5.57 Å². The third kappa shape index (κ3) is 2.25. The van der Waals surface area contributed by atoms with Crippen molar-refractivity contribution in [2.45, 2.75) is 20.3 Å². The Hall–Kier alpha value is -2.49. The van der Waals surface area contributed by atoms with Crippen molar-refractivity contribution in [2.75, 3.05) is 19.7 Å². The van der Waals surface area contributed by atoms with Crippen LogP contribution in [0.25, 0.3) is 16.7 Å². The Balaban J connectivity index is 2.16. The number of nitrogens with zero attached hydrogens (tertiary/aromatic N) is 3. The van der Waals surface area contributed by atoms with Gasteiger partial charge in [-0.15, -0.1) is 0 Å². The molecule has 0 bridgehead atoms. The van der Waals surface area contributed by atoms with E-state index >= 15 is 0 Å². The highest BCUT2D eigenvalue weighted by molar-refractivity contribution is 5.68. The molecule has 2 aliphatic rings. The molecule has 0 aromatic heterocycles. The van der Waals surface area contributed by atoms with Gasteiger partial charge in [-0.05, 0) is 36.1 Å². The summed E-state index contributed by atoms with van der Waals surface area (Å²) >= 11 is 0. The lowest BCUT2D eigenvalue weighted by atomic mass is 9.95. The molecule has 4 rings (SSSR count). The molecule has 4 heteroatoms. The largest absolute Gasteiger partial charge is 0.391 e. The topological polar surface area (TPSA) is 46.3 Å². The molecule has 4 nitrogen and oxygen atoms in total. The van der Waals surface area contributed by atoms with Crippen LogP contribution in [0.1, 0.15) is 18.9 Å². The van der Waals surface area contributed by atoms with Gasteiger partial charge in [-0.2, -0.15) is 0 Å². The maximum atomic E-state index is 5.43. The Morgan fingerprint density at radius 3 is 2.74 bits per heavy atom. The Labute approximate surface area is 134 Å². The van der Waals surface area contributed by atoms with Crippen LogP contribution >= 0.6 is 0 Å². The number of benzene rings is 2. The molecule has 0 saturated carbocycles. The first-order chi connectivity index (χ1) is 11.3. The molecule has 2 aromatic carbocycles. The lowest BCUT2D eigenvalue weighted by Gasteiger charge is -2.15. The molecular weight excluding hydrogens is 286 g/mol. The van der Waals surface area contributed by atoms with E-state index in [9.17, 15) is 0 Å². The first-order valence-corrected chi connectivity index (χ1v) is 8.09. The molecule has 0 radical (unpaired) electrons. The van der Waals surface area contributed by atoms with Gasteiger partial charge < -0.3 is 4.84 Å². The fourth-order valence-corrected chi connectivity index (χ4v) is 3.30. The summed E-state index contributed by atoms with van der Waals surface area (Å²) in [6.45, 7) is 6.35. The molecule has 0 unspecified atom stereocenters. The van der Waals surface area contributed by atoms with E-state index in [1.807, 2.05) is 6.07 Å². The number of rotatable bonds is 2. The average molecular weight is 305 g/mol. The van der Waals surface area contributed by atoms with Gasteiger partial charge in [0.2, 0.25) is 0 Å². The van der Waals surface area contributed by atoms with Gasteiger partial charge in [0.15, 0.2) is 0 Å². The summed E-state index contributed by atoms with van der Waals surface area (Å²) in [5.41, 5.74) is 4.76. The van der Waals surface area contributed by atoms with Crippen molar-refractivity contribution in [1.82, 2.24) is 0 Å². The van der Waals surface area contributed by atoms with Gasteiger partial charge in [0.25, 0.3) is 0 Å². The smallest absolute Gasteiger partial charge is 0.139 e. The molecule has 0 spiro atoms. The fraction of sp³-hybridized carbons (Fsp3) is 0.316. The van der Waals surface area contributed by atoms with Gasteiger partial charge in [-0.1, -0.05) is 36.3 Å². The van der Waals surface area contributed by atoms with Crippen LogP contribution < -0.4 is 21.3 Å². The van der Waals surface area contributed by atoms with E-state index in [1.165, 1.54) is 16.4 Å². The quantitative estimate of drug-likeness (QED) is 0.818. The predicted octanol–water partition coefficient (Wildman–Crippen LogP) is 1.04. The first-order valence-electron chi connectivity index (χ1n) is 8.09. The van der Waals surface area contributed by atoms with Crippen molar-refractivity contribution in [3.8, 4) is 11.1 Å². The van der Waals surface area contributed by atoms with Crippen LogP contribution in [0.4, 0.5) is 0 Å². The molecular formula is C19H19N3O. The summed E-state index contributed by atoms with van der Waals surface area (Å²) < 4.78 is 0. The minimum absolute atomic E-state index is 0.566. The Kier molecular flexibility index (Phi) is 3.45. The predicted molar refractivity (Wildman–Crippen MR) is 89.1 cm³/mol. The lowest BCUT2D eigenvalue weighted by Crippen LogP contribution is -2.39. The first kappa shape index (κ1) is 14.1. The van der Waals surface area contributed by atoms with Crippen molar-refractivity contribution < 1.29 is 4.84 Å². The van der Waals surface area contributed by atoms with Crippen LogP contribution in [0.5, 0.6) is 0 Å². The minimum atomic E-state index is 0.566. The van der Waals surface area contributed by atoms with Gasteiger partial charge in [0.1, 0.15) is 12.0 Å². The Morgan fingerprint density at radius 2 is 1.87 bits per heavy atom. The molecule has 2 heterocycles. The number of para-hydroxylation sites is 1. The van der Waals surface area contributed by atoms with Crippen LogP contribution in [-0.4, -0.2) is 19.7 Å². The van der Waals surface area contributed by atoms with E-state index in [0.717, 1.165) is 46.7 Å². The highest BCUT2D eigenvalue weighted by Crippen LogP contribution is 2.13. The molecule has 23 heavy (non-hydrogen) atoms. The van der Waals surface area contributed by atoms with Crippen molar-refractivity contribution in [1.29, 1.82) is 0 Å². The highest BCUT2D eigenvalue weighted by Gasteiger charge is 2.14. The summed E-state index contributed by atoms with van der Waals surface area (Å²) in [5.74, 6) is 0. The normalized spacial score (nSPS) is 15.5. The third-order valence-corrected chi connectivity index (χ3v) is 4.51. The molecule has 0 N–H and O–H groups in total. The highest BCUT2D eigenvalue weighted by atomic mass is 16.6. The second-order valence-corrected chi connectivity index (χ2v) is 5.91. The Morgan fingerprint density at radius 1 is 1.00 bits per heavy atom. The summed E-state index contributed by atoms with van der Waals surface area (Å²) in [6.07, 6.45) is 0.954. The zero-order chi connectivity index (χ0) is 15.8. The van der Waals surface area contributed by atoms with Gasteiger partial charge in [0, 0.05) is 10.8 Å². The van der Waals surface area contributed by atoms with E-state index in [1.54, 1.807) is 0 Å². The SMILES string of the molecule is CCC1=c2c(-c3cccc4c3=NCCN=4)ccc(C)c2=NOC1. The van der Waals surface area contributed by atoms with Crippen LogP contribution in [0.3, 0.4) is 0 Å². The zero-order valence-corrected chi connectivity index (χ0v) is 13.5. The second-order valence-electron chi connectivity index (χ2n) is 5.91. The summed E-state index contributed by atoms with van der Waals surface area (Å²) in [6, 6.07) is 10.5. The van der Waals surface area contributed by atoms with E-state index in [-0.39, 0.29) is 0 Å². The monoisotopic (exact) mass is 305 g/mol. The van der Waals surface area contributed by atoms with Crippen LogP contribution in [0.15, 0.2) is 45.5 Å². The number of hydrogen-bond donors (Lipinski definition) is 0. The minimum Gasteiger partial charge on any atom is -0.391 e. The molecule has 0 aliphatic carbocycles. The molecule has 0 saturated heterocycles. The summed E-state index contributed by atoms with van der Waals surface area (Å²) in [4.78, 5) is 14.8. The van der Waals surface area contributed by atoms with Crippen molar-refractivity contribution in [3.63, 3.8) is 0 Å². The maximum Gasteiger partial charge on any atom is 0.139 e. The Bertz CT molecular complexity index is 1020. The number of fused-ring (bicyclic) bond motifs is 2. The molecule has 2 aliphatic heterocycles. The third-order valence-electron chi connectivity index (χ3n) is 4.51. The van der Waals surface area contributed by atoms with Crippen LogP contribution in [0.2, 0.25) is 0 Å². The van der Waals surface area contributed by atoms with Crippen LogP contribution in [-0.2, 0) is 4.84 Å². The molecule has 116 valence electrons. The van der Waals surface area contributed by atoms with Gasteiger partial charge >= 0.3 is 0 Å². The summed E-state index contributed by atoms with van der Waals surface area (Å²) in [5, 5.41) is 8.48. The lowest BCUT2D eigenvalue weighted by molar-refractivity contribution is 0.160. The van der Waals surface area contributed by atoms with E-state index in [4.69, 9.17) is 9.83 Å². The summed E-state index contributed by atoms with van der Waals surface area (Å²) in [7, 11) is 0. The van der Waals surface area contributed by atoms with Gasteiger partial charge in [-0.3, -0.25) is 9.98 Å². The van der Waals surface area contributed by atoms with Gasteiger partial charge in [-0.25, -0.2) is 0 Å². The fourth-order valence-electron chi connectivity index (χ4n) is 3.30. The number of hydrogen-bond acceptors (Lipinski definition) is 4. The van der Waals surface area contributed by atoms with E-state index < -0.39 is 0 Å². The van der Waals surface area contributed by atoms with Crippen molar-refractivity contribution in [2.24, 2.45) is 15.1 Å². The second kappa shape index (κ2) is 5.61. The number of aryl methyl sites for hydroxylation is 1. The van der Waals surface area contributed by atoms with Gasteiger partial charge in [0.05, 0.1) is 23.8 Å². The standard InChI is InChI=1S/C19H19N3O/c1-3-13-11-23-22-18-12(2)7-8-14(17(13)18)15-5-4-6-16-19(15)21-10-9-20-16/h4-8H,3,9-11H2,1-2H3. The molecule has 0 fully saturated rings. The molecule has 2 aromatic rings.